The lowest BCUT2D eigenvalue weighted by molar-refractivity contribution is 0.0995. The van der Waals surface area contributed by atoms with E-state index < -0.39 is 0 Å². The zero-order valence-electron chi connectivity index (χ0n) is 20.2. The van der Waals surface area contributed by atoms with Gasteiger partial charge in [-0.05, 0) is 48.2 Å². The van der Waals surface area contributed by atoms with E-state index >= 15 is 0 Å². The lowest BCUT2D eigenvalue weighted by atomic mass is 10.1. The number of nitrogens with zero attached hydrogens (tertiary/aromatic N) is 2. The van der Waals surface area contributed by atoms with Crippen molar-refractivity contribution >= 4 is 97.0 Å². The average Bonchev–Trinajstić information content (AvgIpc) is 3.29. The number of unbranched alkanes of at least 4 members (excludes halogenated alkanes) is 1. The maximum absolute atomic E-state index is 13.9. The van der Waals surface area contributed by atoms with Gasteiger partial charge in [-0.2, -0.15) is 0 Å². The number of aryl methyl sites for hydroxylation is 1. The number of aromatic nitrogens is 1. The summed E-state index contributed by atoms with van der Waals surface area (Å²) in [4.78, 5) is 20.6. The topological polar surface area (TPSA) is 45.2 Å². The van der Waals surface area contributed by atoms with E-state index in [9.17, 15) is 4.79 Å². The zero-order valence-corrected chi connectivity index (χ0v) is 25.6. The molecular weight excluding hydrogens is 526 g/mol. The summed E-state index contributed by atoms with van der Waals surface area (Å²) in [6.45, 7) is 5.14. The highest BCUT2D eigenvalue weighted by atomic mass is 32.1. The molecule has 0 aliphatic heterocycles. The van der Waals surface area contributed by atoms with Crippen LogP contribution in [0.2, 0.25) is 0 Å². The number of carbonyl (C=O) groups is 1. The first-order valence-corrected chi connectivity index (χ1v) is 14.6. The van der Waals surface area contributed by atoms with E-state index in [0.29, 0.717) is 5.56 Å². The van der Waals surface area contributed by atoms with Crippen molar-refractivity contribution in [3.8, 4) is 10.6 Å². The number of amides is 1. The zero-order chi connectivity index (χ0) is 25.3. The van der Waals surface area contributed by atoms with Crippen LogP contribution in [0.15, 0.2) is 42.5 Å². The number of hydrogen-bond donors (Lipinski definition) is 1. The summed E-state index contributed by atoms with van der Waals surface area (Å²) in [5, 5.41) is 8.21. The van der Waals surface area contributed by atoms with Crippen LogP contribution in [0, 0.1) is 6.92 Å². The van der Waals surface area contributed by atoms with Crippen LogP contribution in [0.5, 0.6) is 0 Å². The molecule has 4 aromatic rings. The van der Waals surface area contributed by atoms with Gasteiger partial charge in [0.25, 0.3) is 5.91 Å². The quantitative estimate of drug-likeness (QED) is 0.263. The molecule has 0 aliphatic carbocycles. The molecule has 0 saturated heterocycles. The highest BCUT2D eigenvalue weighted by molar-refractivity contribution is 7.40. The molecule has 4 atom stereocenters. The van der Waals surface area contributed by atoms with Crippen LogP contribution in [0.1, 0.15) is 35.7 Å². The molecule has 1 heterocycles. The van der Waals surface area contributed by atoms with Gasteiger partial charge in [-0.1, -0.05) is 37.1 Å². The van der Waals surface area contributed by atoms with Gasteiger partial charge in [-0.3, -0.25) is 4.79 Å². The second-order valence-electron chi connectivity index (χ2n) is 8.56. The van der Waals surface area contributed by atoms with E-state index in [4.69, 9.17) is 4.98 Å². The van der Waals surface area contributed by atoms with E-state index in [2.05, 4.69) is 68.3 Å². The van der Waals surface area contributed by atoms with Gasteiger partial charge in [-0.15, -0.1) is 48.3 Å². The molecule has 0 aliphatic rings. The maximum Gasteiger partial charge on any atom is 0.259 e. The first kappa shape index (κ1) is 26.6. The highest BCUT2D eigenvalue weighted by Gasteiger charge is 2.25. The van der Waals surface area contributed by atoms with E-state index in [1.54, 1.807) is 16.2 Å². The molecule has 0 fully saturated rings. The second kappa shape index (κ2) is 11.3. The molecule has 0 bridgehead atoms. The van der Waals surface area contributed by atoms with Crippen molar-refractivity contribution in [1.82, 2.24) is 4.98 Å². The number of hydrogen-bond acceptors (Lipinski definition) is 4. The highest BCUT2D eigenvalue weighted by Crippen LogP contribution is 2.37. The Morgan fingerprint density at radius 1 is 1.03 bits per heavy atom. The molecule has 1 N–H and O–H groups in total. The Balaban J connectivity index is 1.77. The maximum atomic E-state index is 13.9. The molecule has 0 spiro atoms. The third-order valence-electron chi connectivity index (χ3n) is 6.05. The normalized spacial score (nSPS) is 11.2. The SMILES string of the molecule is CCCCNc1c(P)c(P)c(C(=O)N(C)c2ccc(C)cc2-c2nc3ccccc3s2)c(P)c1P. The van der Waals surface area contributed by atoms with Crippen molar-refractivity contribution in [2.45, 2.75) is 26.7 Å². The Kier molecular flexibility index (Phi) is 8.58. The van der Waals surface area contributed by atoms with Gasteiger partial charge in [0.15, 0.2) is 0 Å². The fraction of sp³-hybridized carbons (Fsp3) is 0.231. The van der Waals surface area contributed by atoms with Crippen LogP contribution in [-0.2, 0) is 0 Å². The lowest BCUT2D eigenvalue weighted by Crippen LogP contribution is -2.41. The van der Waals surface area contributed by atoms with Crippen LogP contribution in [-0.4, -0.2) is 24.5 Å². The van der Waals surface area contributed by atoms with Crippen molar-refractivity contribution in [1.29, 1.82) is 0 Å². The predicted octanol–water partition coefficient (Wildman–Crippen LogP) is 4.76. The van der Waals surface area contributed by atoms with Gasteiger partial charge < -0.3 is 10.2 Å². The summed E-state index contributed by atoms with van der Waals surface area (Å²) in [7, 11) is 13.0. The largest absolute Gasteiger partial charge is 0.384 e. The van der Waals surface area contributed by atoms with Crippen LogP contribution >= 0.6 is 48.3 Å². The van der Waals surface area contributed by atoms with Crippen LogP contribution in [0.4, 0.5) is 11.4 Å². The van der Waals surface area contributed by atoms with Gasteiger partial charge in [0.1, 0.15) is 5.01 Å². The summed E-state index contributed by atoms with van der Waals surface area (Å²) in [5.74, 6) is -0.0567. The first-order chi connectivity index (χ1) is 16.7. The fourth-order valence-corrected chi connectivity index (χ4v) is 6.99. The number of carbonyl (C=O) groups excluding carboxylic acids is 1. The Morgan fingerprint density at radius 2 is 1.71 bits per heavy atom. The Hall–Kier alpha value is -1.46. The van der Waals surface area contributed by atoms with Gasteiger partial charge in [0.2, 0.25) is 0 Å². The minimum atomic E-state index is -0.0567. The molecule has 0 saturated carbocycles. The minimum absolute atomic E-state index is 0.0567. The molecule has 0 radical (unpaired) electrons. The molecule has 4 rings (SSSR count). The number of para-hydroxylation sites is 1. The summed E-state index contributed by atoms with van der Waals surface area (Å²) in [6.07, 6.45) is 2.22. The summed E-state index contributed by atoms with van der Waals surface area (Å²) >= 11 is 1.65. The average molecular weight is 558 g/mol. The molecule has 1 aromatic heterocycles. The van der Waals surface area contributed by atoms with Crippen molar-refractivity contribution in [2.24, 2.45) is 0 Å². The van der Waals surface area contributed by atoms with Gasteiger partial charge in [-0.25, -0.2) is 4.98 Å². The van der Waals surface area contributed by atoms with Gasteiger partial charge in [0.05, 0.1) is 21.5 Å². The summed E-state index contributed by atoms with van der Waals surface area (Å²) in [5.41, 5.74) is 5.63. The molecule has 4 nitrogen and oxygen atoms in total. The van der Waals surface area contributed by atoms with Crippen molar-refractivity contribution < 1.29 is 4.79 Å². The van der Waals surface area contributed by atoms with Crippen molar-refractivity contribution in [2.75, 3.05) is 23.8 Å². The van der Waals surface area contributed by atoms with E-state index in [1.165, 1.54) is 0 Å². The number of rotatable bonds is 7. The van der Waals surface area contributed by atoms with E-state index in [0.717, 1.165) is 78.3 Å². The lowest BCUT2D eigenvalue weighted by Gasteiger charge is -2.25. The van der Waals surface area contributed by atoms with Crippen LogP contribution in [0.25, 0.3) is 20.8 Å². The Bertz CT molecular complexity index is 1360. The standard InChI is InChI=1S/C26H31N3OP4S/c1-4-5-12-27-20-23(33)21(31)19(22(32)24(20)34)26(30)29(3)17-11-10-14(2)13-15(17)25-28-16-8-6-7-9-18(16)35-25/h6-11,13,27H,4-5,12,31-34H2,1-3H3. The number of thiazole rings is 1. The van der Waals surface area contributed by atoms with Crippen LogP contribution < -0.4 is 31.4 Å². The monoisotopic (exact) mass is 557 g/mol. The Morgan fingerprint density at radius 3 is 2.37 bits per heavy atom. The van der Waals surface area contributed by atoms with Gasteiger partial charge >= 0.3 is 0 Å². The fourth-order valence-electron chi connectivity index (χ4n) is 4.02. The summed E-state index contributed by atoms with van der Waals surface area (Å²) in [6, 6.07) is 14.3. The first-order valence-electron chi connectivity index (χ1n) is 11.5. The second-order valence-corrected chi connectivity index (χ2v) is 11.9. The summed E-state index contributed by atoms with van der Waals surface area (Å²) < 4.78 is 1.13. The minimum Gasteiger partial charge on any atom is -0.384 e. The molecule has 1 amide bonds. The molecule has 9 heteroatoms. The van der Waals surface area contributed by atoms with E-state index in [-0.39, 0.29) is 5.91 Å². The number of fused-ring (bicyclic) bond motifs is 1. The molecule has 35 heavy (non-hydrogen) atoms. The number of nitrogens with one attached hydrogen (secondary N) is 1. The molecule has 182 valence electrons. The van der Waals surface area contributed by atoms with Gasteiger partial charge in [0, 0.05) is 35.5 Å². The smallest absolute Gasteiger partial charge is 0.259 e. The Labute approximate surface area is 220 Å². The van der Waals surface area contributed by atoms with Crippen LogP contribution in [0.3, 0.4) is 0 Å². The predicted molar refractivity (Wildman–Crippen MR) is 170 cm³/mol. The van der Waals surface area contributed by atoms with E-state index in [1.807, 2.05) is 37.4 Å². The third-order valence-corrected chi connectivity index (χ3v) is 10.2. The van der Waals surface area contributed by atoms with Crippen molar-refractivity contribution in [3.63, 3.8) is 0 Å². The third kappa shape index (κ3) is 5.32. The molecular formula is C26H31N3OP4S. The van der Waals surface area contributed by atoms with Crippen molar-refractivity contribution in [3.05, 3.63) is 53.6 Å². The molecule has 3 aromatic carbocycles. The molecule has 4 unspecified atom stereocenters. The number of benzene rings is 3. The number of anilines is 2.